The maximum Gasteiger partial charge on any atom is 0.140 e. The molecule has 0 aliphatic heterocycles. The molecule has 0 amide bonds. The first-order chi connectivity index (χ1) is 9.26. The maximum atomic E-state index is 9.09. The molecule has 19 heavy (non-hydrogen) atoms. The van der Waals surface area contributed by atoms with Crippen molar-refractivity contribution in [3.8, 4) is 6.07 Å². The van der Waals surface area contributed by atoms with Gasteiger partial charge in [0.05, 0.1) is 13.2 Å². The van der Waals surface area contributed by atoms with Gasteiger partial charge in [0.15, 0.2) is 0 Å². The average molecular weight is 256 g/mol. The summed E-state index contributed by atoms with van der Waals surface area (Å²) in [5.74, 6) is 0.406. The predicted octanol–water partition coefficient (Wildman–Crippen LogP) is 2.07. The number of hydrogen-bond donors (Lipinski definition) is 1. The molecule has 5 nitrogen and oxygen atoms in total. The summed E-state index contributed by atoms with van der Waals surface area (Å²) in [7, 11) is 0. The van der Waals surface area contributed by atoms with Crippen LogP contribution in [0.25, 0.3) is 0 Å². The van der Waals surface area contributed by atoms with E-state index in [0.717, 1.165) is 5.56 Å². The largest absolute Gasteiger partial charge is 0.383 e. The Morgan fingerprint density at radius 1 is 1.32 bits per heavy atom. The highest BCUT2D eigenvalue weighted by Crippen LogP contribution is 2.17. The van der Waals surface area contributed by atoms with E-state index in [1.54, 1.807) is 4.68 Å². The molecular formula is C14H16N4O. The molecule has 1 heterocycles. The van der Waals surface area contributed by atoms with Crippen molar-refractivity contribution >= 4 is 5.82 Å². The van der Waals surface area contributed by atoms with Gasteiger partial charge in [-0.25, -0.2) is 4.68 Å². The van der Waals surface area contributed by atoms with Crippen LogP contribution in [0.1, 0.15) is 23.7 Å². The van der Waals surface area contributed by atoms with Crippen molar-refractivity contribution in [2.24, 2.45) is 0 Å². The van der Waals surface area contributed by atoms with Crippen LogP contribution in [0.5, 0.6) is 0 Å². The number of nitrogens with two attached hydrogens (primary N) is 1. The van der Waals surface area contributed by atoms with Gasteiger partial charge in [-0.2, -0.15) is 10.4 Å². The van der Waals surface area contributed by atoms with Crippen LogP contribution in [0.3, 0.4) is 0 Å². The summed E-state index contributed by atoms with van der Waals surface area (Å²) in [6.45, 7) is 3.35. The number of anilines is 1. The second-order valence-electron chi connectivity index (χ2n) is 4.11. The van der Waals surface area contributed by atoms with Crippen molar-refractivity contribution in [2.75, 3.05) is 5.73 Å². The number of nitriles is 1. The zero-order valence-corrected chi connectivity index (χ0v) is 10.8. The highest BCUT2D eigenvalue weighted by molar-refractivity contribution is 5.51. The highest BCUT2D eigenvalue weighted by atomic mass is 16.5. The molecule has 0 atom stereocenters. The van der Waals surface area contributed by atoms with Crippen molar-refractivity contribution < 1.29 is 4.74 Å². The Balaban J connectivity index is 2.02. The molecular weight excluding hydrogens is 240 g/mol. The SMILES string of the molecule is CCn1nc(COCc2ccccc2)c(C#N)c1N. The third-order valence-electron chi connectivity index (χ3n) is 2.83. The minimum Gasteiger partial charge on any atom is -0.383 e. The fourth-order valence-corrected chi connectivity index (χ4v) is 1.83. The van der Waals surface area contributed by atoms with Crippen LogP contribution in [-0.2, 0) is 24.5 Å². The fourth-order valence-electron chi connectivity index (χ4n) is 1.83. The van der Waals surface area contributed by atoms with Gasteiger partial charge in [0.2, 0.25) is 0 Å². The summed E-state index contributed by atoms with van der Waals surface area (Å²) >= 11 is 0. The second kappa shape index (κ2) is 6.03. The van der Waals surface area contributed by atoms with E-state index in [9.17, 15) is 0 Å². The summed E-state index contributed by atoms with van der Waals surface area (Å²) < 4.78 is 7.19. The van der Waals surface area contributed by atoms with Crippen LogP contribution in [-0.4, -0.2) is 9.78 Å². The Bertz CT molecular complexity index is 583. The van der Waals surface area contributed by atoms with Crippen LogP contribution in [0.15, 0.2) is 30.3 Å². The first kappa shape index (κ1) is 13.1. The Morgan fingerprint density at radius 2 is 2.05 bits per heavy atom. The van der Waals surface area contributed by atoms with Crippen molar-refractivity contribution in [1.29, 1.82) is 5.26 Å². The van der Waals surface area contributed by atoms with Gasteiger partial charge in [-0.3, -0.25) is 0 Å². The Kier molecular flexibility index (Phi) is 4.16. The normalized spacial score (nSPS) is 10.3. The van der Waals surface area contributed by atoms with Crippen LogP contribution in [0.2, 0.25) is 0 Å². The lowest BCUT2D eigenvalue weighted by atomic mass is 10.2. The molecule has 0 aliphatic rings. The van der Waals surface area contributed by atoms with Gasteiger partial charge in [0, 0.05) is 6.54 Å². The maximum absolute atomic E-state index is 9.09. The van der Waals surface area contributed by atoms with Gasteiger partial charge in [-0.1, -0.05) is 30.3 Å². The van der Waals surface area contributed by atoms with Gasteiger partial charge < -0.3 is 10.5 Å². The number of hydrogen-bond acceptors (Lipinski definition) is 4. The van der Waals surface area contributed by atoms with Gasteiger partial charge in [-0.05, 0) is 12.5 Å². The number of rotatable bonds is 5. The summed E-state index contributed by atoms with van der Waals surface area (Å²) in [5, 5.41) is 13.4. The number of nitrogens with zero attached hydrogens (tertiary/aromatic N) is 3. The quantitative estimate of drug-likeness (QED) is 0.888. The van der Waals surface area contributed by atoms with E-state index in [4.69, 9.17) is 15.7 Å². The molecule has 0 saturated carbocycles. The molecule has 1 aromatic heterocycles. The number of aromatic nitrogens is 2. The lowest BCUT2D eigenvalue weighted by Gasteiger charge is -2.02. The Morgan fingerprint density at radius 3 is 2.68 bits per heavy atom. The smallest absolute Gasteiger partial charge is 0.140 e. The van der Waals surface area contributed by atoms with E-state index >= 15 is 0 Å². The zero-order chi connectivity index (χ0) is 13.7. The Hall–Kier alpha value is -2.32. The molecule has 98 valence electrons. The van der Waals surface area contributed by atoms with Gasteiger partial charge in [0.1, 0.15) is 23.1 Å². The highest BCUT2D eigenvalue weighted by Gasteiger charge is 2.14. The number of ether oxygens (including phenoxy) is 1. The number of benzene rings is 1. The van der Waals surface area contributed by atoms with Crippen LogP contribution in [0, 0.1) is 11.3 Å². The lowest BCUT2D eigenvalue weighted by Crippen LogP contribution is -2.02. The van der Waals surface area contributed by atoms with Crippen LogP contribution >= 0.6 is 0 Å². The lowest BCUT2D eigenvalue weighted by molar-refractivity contribution is 0.104. The minimum atomic E-state index is 0.287. The first-order valence-corrected chi connectivity index (χ1v) is 6.13. The standard InChI is InChI=1S/C14H16N4O/c1-2-18-14(16)12(8-15)13(17-18)10-19-9-11-6-4-3-5-7-11/h3-7H,2,9-10,16H2,1H3. The molecule has 0 spiro atoms. The summed E-state index contributed by atoms with van der Waals surface area (Å²) in [6.07, 6.45) is 0. The third-order valence-corrected chi connectivity index (χ3v) is 2.83. The van der Waals surface area contributed by atoms with E-state index < -0.39 is 0 Å². The van der Waals surface area contributed by atoms with Crippen molar-refractivity contribution in [3.05, 3.63) is 47.2 Å². The fraction of sp³-hybridized carbons (Fsp3) is 0.286. The van der Waals surface area contributed by atoms with E-state index in [-0.39, 0.29) is 6.61 Å². The topological polar surface area (TPSA) is 76.9 Å². The van der Waals surface area contributed by atoms with Crippen LogP contribution in [0.4, 0.5) is 5.82 Å². The molecule has 0 saturated heterocycles. The van der Waals surface area contributed by atoms with Crippen LogP contribution < -0.4 is 5.73 Å². The first-order valence-electron chi connectivity index (χ1n) is 6.13. The molecule has 0 unspecified atom stereocenters. The zero-order valence-electron chi connectivity index (χ0n) is 10.8. The van der Waals surface area contributed by atoms with Gasteiger partial charge in [0.25, 0.3) is 0 Å². The molecule has 2 aromatic rings. The van der Waals surface area contributed by atoms with Crippen molar-refractivity contribution in [2.45, 2.75) is 26.7 Å². The molecule has 2 N–H and O–H groups in total. The third kappa shape index (κ3) is 2.92. The summed E-state index contributed by atoms with van der Waals surface area (Å²) in [6, 6.07) is 11.9. The summed E-state index contributed by atoms with van der Waals surface area (Å²) in [5.41, 5.74) is 7.92. The Labute approximate surface area is 112 Å². The van der Waals surface area contributed by atoms with Gasteiger partial charge >= 0.3 is 0 Å². The number of aryl methyl sites for hydroxylation is 1. The molecule has 0 radical (unpaired) electrons. The van der Waals surface area contributed by atoms with Crippen molar-refractivity contribution in [3.63, 3.8) is 0 Å². The van der Waals surface area contributed by atoms with E-state index in [2.05, 4.69) is 11.2 Å². The number of nitrogen functional groups attached to an aromatic ring is 1. The molecule has 2 rings (SSSR count). The van der Waals surface area contributed by atoms with E-state index in [1.165, 1.54) is 0 Å². The molecule has 0 bridgehead atoms. The predicted molar refractivity (Wildman–Crippen MR) is 72.0 cm³/mol. The van der Waals surface area contributed by atoms with Crippen molar-refractivity contribution in [1.82, 2.24) is 9.78 Å². The minimum absolute atomic E-state index is 0.287. The van der Waals surface area contributed by atoms with E-state index in [0.29, 0.717) is 30.2 Å². The second-order valence-corrected chi connectivity index (χ2v) is 4.11. The molecule has 1 aromatic carbocycles. The van der Waals surface area contributed by atoms with Gasteiger partial charge in [-0.15, -0.1) is 0 Å². The average Bonchev–Trinajstić information content (AvgIpc) is 2.75. The van der Waals surface area contributed by atoms with E-state index in [1.807, 2.05) is 37.3 Å². The molecule has 0 aliphatic carbocycles. The summed E-state index contributed by atoms with van der Waals surface area (Å²) in [4.78, 5) is 0. The molecule has 0 fully saturated rings. The monoisotopic (exact) mass is 256 g/mol. The molecule has 5 heteroatoms.